The second-order valence-corrected chi connectivity index (χ2v) is 6.31. The standard InChI is InChI=1S/C20H29N3O/c1-3-14-22-16-11-18(12-17-22)20(24)21-13-8-15-23(4-2)19-9-6-5-7-10-19/h1,5-7,9-10,18H,4,8,11-17H2,2H3,(H,21,24). The van der Waals surface area contributed by atoms with E-state index in [4.69, 9.17) is 6.42 Å². The number of para-hydroxylation sites is 1. The molecule has 0 atom stereocenters. The van der Waals surface area contributed by atoms with Crippen molar-refractivity contribution in [2.45, 2.75) is 26.2 Å². The number of terminal acetylenes is 1. The molecular formula is C20H29N3O. The minimum atomic E-state index is 0.149. The molecule has 1 N–H and O–H groups in total. The number of nitrogens with one attached hydrogen (secondary N) is 1. The van der Waals surface area contributed by atoms with Crippen LogP contribution >= 0.6 is 0 Å². The highest BCUT2D eigenvalue weighted by atomic mass is 16.1. The fourth-order valence-electron chi connectivity index (χ4n) is 3.22. The van der Waals surface area contributed by atoms with Crippen LogP contribution in [0.1, 0.15) is 26.2 Å². The molecule has 1 aromatic carbocycles. The molecule has 1 fully saturated rings. The van der Waals surface area contributed by atoms with Crippen LogP contribution in [0.4, 0.5) is 5.69 Å². The number of benzene rings is 1. The predicted molar refractivity (Wildman–Crippen MR) is 100.0 cm³/mol. The third-order valence-corrected chi connectivity index (χ3v) is 4.68. The number of hydrogen-bond donors (Lipinski definition) is 1. The smallest absolute Gasteiger partial charge is 0.223 e. The third kappa shape index (κ3) is 5.58. The van der Waals surface area contributed by atoms with E-state index in [1.165, 1.54) is 5.69 Å². The Kier molecular flexibility index (Phi) is 7.64. The largest absolute Gasteiger partial charge is 0.372 e. The zero-order valence-electron chi connectivity index (χ0n) is 14.7. The minimum absolute atomic E-state index is 0.149. The van der Waals surface area contributed by atoms with Gasteiger partial charge in [0.15, 0.2) is 0 Å². The number of carbonyl (C=O) groups excluding carboxylic acids is 1. The Bertz CT molecular complexity index is 530. The molecule has 1 amide bonds. The quantitative estimate of drug-likeness (QED) is 0.588. The first-order valence-corrected chi connectivity index (χ1v) is 8.98. The molecule has 1 aliphatic rings. The summed E-state index contributed by atoms with van der Waals surface area (Å²) in [6.45, 7) is 7.40. The summed E-state index contributed by atoms with van der Waals surface area (Å²) in [5.74, 6) is 3.03. The molecule has 0 unspecified atom stereocenters. The molecule has 1 aliphatic heterocycles. The van der Waals surface area contributed by atoms with Crippen molar-refractivity contribution in [3.05, 3.63) is 30.3 Å². The van der Waals surface area contributed by atoms with Crippen molar-refractivity contribution in [1.82, 2.24) is 10.2 Å². The maximum Gasteiger partial charge on any atom is 0.223 e. The molecule has 0 saturated carbocycles. The van der Waals surface area contributed by atoms with Gasteiger partial charge in [-0.3, -0.25) is 9.69 Å². The second kappa shape index (κ2) is 10.00. The van der Waals surface area contributed by atoms with E-state index in [0.717, 1.165) is 52.0 Å². The molecule has 1 heterocycles. The molecule has 0 aromatic heterocycles. The fourth-order valence-corrected chi connectivity index (χ4v) is 3.22. The van der Waals surface area contributed by atoms with Gasteiger partial charge in [0.25, 0.3) is 0 Å². The summed E-state index contributed by atoms with van der Waals surface area (Å²) < 4.78 is 0. The van der Waals surface area contributed by atoms with Gasteiger partial charge in [-0.1, -0.05) is 24.1 Å². The van der Waals surface area contributed by atoms with Crippen molar-refractivity contribution in [1.29, 1.82) is 0 Å². The van der Waals surface area contributed by atoms with E-state index >= 15 is 0 Å². The van der Waals surface area contributed by atoms with E-state index in [-0.39, 0.29) is 11.8 Å². The lowest BCUT2D eigenvalue weighted by atomic mass is 9.96. The highest BCUT2D eigenvalue weighted by Crippen LogP contribution is 2.17. The molecule has 4 heteroatoms. The average molecular weight is 327 g/mol. The summed E-state index contributed by atoms with van der Waals surface area (Å²) >= 11 is 0. The van der Waals surface area contributed by atoms with Gasteiger partial charge < -0.3 is 10.2 Å². The first-order chi connectivity index (χ1) is 11.7. The Labute approximate surface area is 146 Å². The Morgan fingerprint density at radius 1 is 1.33 bits per heavy atom. The number of amides is 1. The van der Waals surface area contributed by atoms with Gasteiger partial charge in [0.05, 0.1) is 6.54 Å². The normalized spacial score (nSPS) is 15.7. The lowest BCUT2D eigenvalue weighted by Gasteiger charge is -2.30. The molecule has 2 rings (SSSR count). The number of hydrogen-bond acceptors (Lipinski definition) is 3. The summed E-state index contributed by atoms with van der Waals surface area (Å²) in [6, 6.07) is 10.4. The molecule has 1 saturated heterocycles. The zero-order valence-corrected chi connectivity index (χ0v) is 14.7. The van der Waals surface area contributed by atoms with E-state index in [2.05, 4.69) is 52.2 Å². The van der Waals surface area contributed by atoms with E-state index in [1.54, 1.807) is 0 Å². The number of carbonyl (C=O) groups is 1. The van der Waals surface area contributed by atoms with Gasteiger partial charge in [-0.15, -0.1) is 6.42 Å². The molecule has 0 spiro atoms. The topological polar surface area (TPSA) is 35.6 Å². The van der Waals surface area contributed by atoms with Crippen LogP contribution in [0.2, 0.25) is 0 Å². The van der Waals surface area contributed by atoms with Gasteiger partial charge in [-0.25, -0.2) is 0 Å². The summed E-state index contributed by atoms with van der Waals surface area (Å²) in [6.07, 6.45) is 8.13. The highest BCUT2D eigenvalue weighted by molar-refractivity contribution is 5.78. The Hall–Kier alpha value is -1.99. The maximum absolute atomic E-state index is 12.3. The zero-order chi connectivity index (χ0) is 17.2. The van der Waals surface area contributed by atoms with E-state index in [0.29, 0.717) is 6.54 Å². The number of nitrogens with zero attached hydrogens (tertiary/aromatic N) is 2. The Balaban J connectivity index is 1.65. The van der Waals surface area contributed by atoms with Crippen LogP contribution in [-0.2, 0) is 4.79 Å². The number of piperidine rings is 1. The Morgan fingerprint density at radius 3 is 2.67 bits per heavy atom. The molecule has 0 aliphatic carbocycles. The molecular weight excluding hydrogens is 298 g/mol. The van der Waals surface area contributed by atoms with Crippen LogP contribution in [0, 0.1) is 18.3 Å². The van der Waals surface area contributed by atoms with Crippen molar-refractivity contribution < 1.29 is 4.79 Å². The van der Waals surface area contributed by atoms with Gasteiger partial charge in [0.1, 0.15) is 0 Å². The summed E-state index contributed by atoms with van der Waals surface area (Å²) in [5, 5.41) is 3.11. The fraction of sp³-hybridized carbons (Fsp3) is 0.550. The van der Waals surface area contributed by atoms with Gasteiger partial charge >= 0.3 is 0 Å². The second-order valence-electron chi connectivity index (χ2n) is 6.31. The first kappa shape index (κ1) is 18.4. The lowest BCUT2D eigenvalue weighted by molar-refractivity contribution is -0.126. The third-order valence-electron chi connectivity index (χ3n) is 4.68. The average Bonchev–Trinajstić information content (AvgIpc) is 2.63. The van der Waals surface area contributed by atoms with Crippen molar-refractivity contribution in [3.8, 4) is 12.3 Å². The van der Waals surface area contributed by atoms with Crippen LogP contribution in [0.5, 0.6) is 0 Å². The summed E-state index contributed by atoms with van der Waals surface area (Å²) in [7, 11) is 0. The van der Waals surface area contributed by atoms with Crippen LogP contribution < -0.4 is 10.2 Å². The maximum atomic E-state index is 12.3. The first-order valence-electron chi connectivity index (χ1n) is 8.98. The molecule has 24 heavy (non-hydrogen) atoms. The van der Waals surface area contributed by atoms with Gasteiger partial charge in [0.2, 0.25) is 5.91 Å². The molecule has 0 radical (unpaired) electrons. The van der Waals surface area contributed by atoms with Crippen molar-refractivity contribution in [3.63, 3.8) is 0 Å². The summed E-state index contributed by atoms with van der Waals surface area (Å²) in [5.41, 5.74) is 1.24. The van der Waals surface area contributed by atoms with E-state index in [1.807, 2.05) is 6.07 Å². The number of anilines is 1. The number of likely N-dealkylation sites (tertiary alicyclic amines) is 1. The Morgan fingerprint density at radius 2 is 2.04 bits per heavy atom. The monoisotopic (exact) mass is 327 g/mol. The molecule has 4 nitrogen and oxygen atoms in total. The van der Waals surface area contributed by atoms with Crippen LogP contribution in [0.15, 0.2) is 30.3 Å². The molecule has 130 valence electrons. The van der Waals surface area contributed by atoms with Gasteiger partial charge in [-0.2, -0.15) is 0 Å². The van der Waals surface area contributed by atoms with E-state index in [9.17, 15) is 4.79 Å². The SMILES string of the molecule is C#CCN1CCC(C(=O)NCCCN(CC)c2ccccc2)CC1. The van der Waals surface area contributed by atoms with Crippen molar-refractivity contribution >= 4 is 11.6 Å². The predicted octanol–water partition coefficient (Wildman–Crippen LogP) is 2.36. The van der Waals surface area contributed by atoms with Gasteiger partial charge in [0, 0.05) is 31.2 Å². The summed E-state index contributed by atoms with van der Waals surface area (Å²) in [4.78, 5) is 16.8. The highest BCUT2D eigenvalue weighted by Gasteiger charge is 2.24. The van der Waals surface area contributed by atoms with Crippen LogP contribution in [0.25, 0.3) is 0 Å². The van der Waals surface area contributed by atoms with Crippen LogP contribution in [-0.4, -0.2) is 50.1 Å². The lowest BCUT2D eigenvalue weighted by Crippen LogP contribution is -2.41. The molecule has 1 aromatic rings. The van der Waals surface area contributed by atoms with Crippen LogP contribution in [0.3, 0.4) is 0 Å². The minimum Gasteiger partial charge on any atom is -0.372 e. The number of rotatable bonds is 8. The van der Waals surface area contributed by atoms with E-state index < -0.39 is 0 Å². The van der Waals surface area contributed by atoms with Gasteiger partial charge in [-0.05, 0) is 51.4 Å². The van der Waals surface area contributed by atoms with Crippen molar-refractivity contribution in [2.24, 2.45) is 5.92 Å². The molecule has 0 bridgehead atoms. The van der Waals surface area contributed by atoms with Crippen molar-refractivity contribution in [2.75, 3.05) is 44.2 Å².